The number of fused-ring (bicyclic) bond motifs is 1. The first-order chi connectivity index (χ1) is 7.70. The molecule has 1 heterocycles. The molecule has 0 bridgehead atoms. The quantitative estimate of drug-likeness (QED) is 0.879. The van der Waals surface area contributed by atoms with Gasteiger partial charge in [-0.2, -0.15) is 0 Å². The molecule has 0 saturated heterocycles. The molecule has 0 amide bonds. The summed E-state index contributed by atoms with van der Waals surface area (Å²) >= 11 is 5.16. The fourth-order valence-corrected chi connectivity index (χ4v) is 3.22. The molecule has 3 nitrogen and oxygen atoms in total. The number of aromatic nitrogens is 1. The van der Waals surface area contributed by atoms with Crippen molar-refractivity contribution in [3.05, 3.63) is 22.2 Å². The lowest BCUT2D eigenvalue weighted by molar-refractivity contribution is 0.211. The molecular formula is C11H13BrN2OS. The van der Waals surface area contributed by atoms with E-state index in [0.29, 0.717) is 6.61 Å². The number of methoxy groups -OCH3 is 1. The zero-order chi connectivity index (χ0) is 11.5. The smallest absolute Gasteiger partial charge is 0.183 e. The van der Waals surface area contributed by atoms with E-state index in [0.717, 1.165) is 21.7 Å². The highest BCUT2D eigenvalue weighted by Gasteiger charge is 2.06. The lowest BCUT2D eigenvalue weighted by Crippen LogP contribution is -2.06. The fourth-order valence-electron chi connectivity index (χ4n) is 1.49. The SMILES string of the molecule is COCCNc1nc2c(C)cc(Br)cc2s1. The normalized spacial score (nSPS) is 10.9. The van der Waals surface area contributed by atoms with E-state index in [9.17, 15) is 0 Å². The van der Waals surface area contributed by atoms with Gasteiger partial charge in [0.05, 0.1) is 16.8 Å². The second kappa shape index (κ2) is 5.12. The van der Waals surface area contributed by atoms with Crippen molar-refractivity contribution in [3.63, 3.8) is 0 Å². The van der Waals surface area contributed by atoms with Crippen LogP contribution >= 0.6 is 27.3 Å². The van der Waals surface area contributed by atoms with Crippen LogP contribution in [0.1, 0.15) is 5.56 Å². The zero-order valence-electron chi connectivity index (χ0n) is 9.21. The van der Waals surface area contributed by atoms with Gasteiger partial charge in [0.2, 0.25) is 0 Å². The van der Waals surface area contributed by atoms with Crippen molar-refractivity contribution in [1.29, 1.82) is 0 Å². The Morgan fingerprint density at radius 1 is 1.50 bits per heavy atom. The van der Waals surface area contributed by atoms with Gasteiger partial charge in [-0.1, -0.05) is 27.3 Å². The summed E-state index contributed by atoms with van der Waals surface area (Å²) in [6.45, 7) is 3.56. The summed E-state index contributed by atoms with van der Waals surface area (Å²) in [6.07, 6.45) is 0. The zero-order valence-corrected chi connectivity index (χ0v) is 11.6. The molecule has 0 saturated carbocycles. The van der Waals surface area contributed by atoms with Gasteiger partial charge in [0.1, 0.15) is 0 Å². The van der Waals surface area contributed by atoms with Crippen LogP contribution < -0.4 is 5.32 Å². The van der Waals surface area contributed by atoms with Crippen molar-refractivity contribution < 1.29 is 4.74 Å². The van der Waals surface area contributed by atoms with Crippen LogP contribution in [0.2, 0.25) is 0 Å². The fraction of sp³-hybridized carbons (Fsp3) is 0.364. The highest BCUT2D eigenvalue weighted by molar-refractivity contribution is 9.10. The highest BCUT2D eigenvalue weighted by Crippen LogP contribution is 2.30. The van der Waals surface area contributed by atoms with E-state index in [-0.39, 0.29) is 0 Å². The van der Waals surface area contributed by atoms with Crippen LogP contribution in [0.15, 0.2) is 16.6 Å². The summed E-state index contributed by atoms with van der Waals surface area (Å²) < 4.78 is 7.29. The third kappa shape index (κ3) is 2.53. The molecule has 0 aliphatic heterocycles. The molecule has 0 atom stereocenters. The van der Waals surface area contributed by atoms with Crippen molar-refractivity contribution in [2.75, 3.05) is 25.6 Å². The van der Waals surface area contributed by atoms with E-state index in [1.807, 2.05) is 0 Å². The lowest BCUT2D eigenvalue weighted by atomic mass is 10.2. The van der Waals surface area contributed by atoms with Crippen LogP contribution in [0.3, 0.4) is 0 Å². The Labute approximate surface area is 107 Å². The third-order valence-electron chi connectivity index (χ3n) is 2.23. The van der Waals surface area contributed by atoms with Gasteiger partial charge in [0.15, 0.2) is 5.13 Å². The predicted molar refractivity (Wildman–Crippen MR) is 72.4 cm³/mol. The third-order valence-corrected chi connectivity index (χ3v) is 3.65. The molecule has 16 heavy (non-hydrogen) atoms. The summed E-state index contributed by atoms with van der Waals surface area (Å²) in [6, 6.07) is 4.18. The van der Waals surface area contributed by atoms with Gasteiger partial charge in [-0.3, -0.25) is 0 Å². The minimum absolute atomic E-state index is 0.693. The highest BCUT2D eigenvalue weighted by atomic mass is 79.9. The molecular weight excluding hydrogens is 288 g/mol. The Bertz CT molecular complexity index is 498. The van der Waals surface area contributed by atoms with E-state index in [4.69, 9.17) is 4.74 Å². The van der Waals surface area contributed by atoms with Crippen molar-refractivity contribution in [3.8, 4) is 0 Å². The summed E-state index contributed by atoms with van der Waals surface area (Å²) in [5.74, 6) is 0. The average Bonchev–Trinajstić information content (AvgIpc) is 2.61. The number of ether oxygens (including phenoxy) is 1. The molecule has 1 aromatic heterocycles. The summed E-state index contributed by atoms with van der Waals surface area (Å²) in [5.41, 5.74) is 2.27. The van der Waals surface area contributed by atoms with Gasteiger partial charge in [0, 0.05) is 18.1 Å². The molecule has 0 aliphatic rings. The average molecular weight is 301 g/mol. The molecule has 1 aromatic carbocycles. The van der Waals surface area contributed by atoms with Crippen LogP contribution in [0, 0.1) is 6.92 Å². The first-order valence-corrected chi connectivity index (χ1v) is 6.61. The molecule has 0 spiro atoms. The number of halogens is 1. The van der Waals surface area contributed by atoms with E-state index >= 15 is 0 Å². The number of benzene rings is 1. The summed E-state index contributed by atoms with van der Waals surface area (Å²) in [4.78, 5) is 4.56. The Hall–Kier alpha value is -0.650. The minimum atomic E-state index is 0.693. The number of thiazole rings is 1. The first-order valence-electron chi connectivity index (χ1n) is 5.00. The number of aryl methyl sites for hydroxylation is 1. The first kappa shape index (κ1) is 11.8. The number of nitrogens with zero attached hydrogens (tertiary/aromatic N) is 1. The standard InChI is InChI=1S/C11H13BrN2OS/c1-7-5-8(12)6-9-10(7)14-11(16-9)13-3-4-15-2/h5-6H,3-4H2,1-2H3,(H,13,14). The molecule has 0 aliphatic carbocycles. The van der Waals surface area contributed by atoms with Gasteiger partial charge >= 0.3 is 0 Å². The van der Waals surface area contributed by atoms with Crippen LogP contribution in [0.25, 0.3) is 10.2 Å². The number of rotatable bonds is 4. The van der Waals surface area contributed by atoms with Crippen LogP contribution in [0.4, 0.5) is 5.13 Å². The topological polar surface area (TPSA) is 34.1 Å². The largest absolute Gasteiger partial charge is 0.383 e. The van der Waals surface area contributed by atoms with Crippen LogP contribution in [-0.4, -0.2) is 25.2 Å². The maximum absolute atomic E-state index is 4.99. The Morgan fingerprint density at radius 3 is 3.06 bits per heavy atom. The molecule has 5 heteroatoms. The molecule has 2 rings (SSSR count). The Balaban J connectivity index is 2.26. The number of nitrogens with one attached hydrogen (secondary N) is 1. The van der Waals surface area contributed by atoms with E-state index in [2.05, 4.69) is 45.3 Å². The van der Waals surface area contributed by atoms with Gasteiger partial charge < -0.3 is 10.1 Å². The van der Waals surface area contributed by atoms with Crippen molar-refractivity contribution in [2.45, 2.75) is 6.92 Å². The summed E-state index contributed by atoms with van der Waals surface area (Å²) in [7, 11) is 1.70. The van der Waals surface area contributed by atoms with Gasteiger partial charge in [-0.15, -0.1) is 0 Å². The second-order valence-corrected chi connectivity index (χ2v) is 5.45. The Morgan fingerprint density at radius 2 is 2.31 bits per heavy atom. The van der Waals surface area contributed by atoms with Gasteiger partial charge in [0.25, 0.3) is 0 Å². The number of anilines is 1. The monoisotopic (exact) mass is 300 g/mol. The van der Waals surface area contributed by atoms with Gasteiger partial charge in [-0.05, 0) is 24.6 Å². The molecule has 0 radical (unpaired) electrons. The van der Waals surface area contributed by atoms with E-state index in [1.165, 1.54) is 10.3 Å². The van der Waals surface area contributed by atoms with Crippen molar-refractivity contribution in [2.24, 2.45) is 0 Å². The molecule has 1 N–H and O–H groups in total. The van der Waals surface area contributed by atoms with Crippen molar-refractivity contribution >= 4 is 42.6 Å². The van der Waals surface area contributed by atoms with E-state index in [1.54, 1.807) is 18.4 Å². The second-order valence-electron chi connectivity index (χ2n) is 3.51. The molecule has 0 unspecified atom stereocenters. The minimum Gasteiger partial charge on any atom is -0.383 e. The maximum atomic E-state index is 4.99. The van der Waals surface area contributed by atoms with Crippen LogP contribution in [0.5, 0.6) is 0 Å². The molecule has 2 aromatic rings. The predicted octanol–water partition coefficient (Wildman–Crippen LogP) is 3.43. The molecule has 0 fully saturated rings. The lowest BCUT2D eigenvalue weighted by Gasteiger charge is -1.99. The molecule has 86 valence electrons. The van der Waals surface area contributed by atoms with Crippen molar-refractivity contribution in [1.82, 2.24) is 4.98 Å². The van der Waals surface area contributed by atoms with Crippen LogP contribution in [-0.2, 0) is 4.74 Å². The maximum Gasteiger partial charge on any atom is 0.183 e. The number of hydrogen-bond donors (Lipinski definition) is 1. The van der Waals surface area contributed by atoms with E-state index < -0.39 is 0 Å². The Kier molecular flexibility index (Phi) is 3.78. The number of hydrogen-bond acceptors (Lipinski definition) is 4. The summed E-state index contributed by atoms with van der Waals surface area (Å²) in [5, 5.41) is 4.20. The van der Waals surface area contributed by atoms with Gasteiger partial charge in [-0.25, -0.2) is 4.98 Å².